The van der Waals surface area contributed by atoms with Crippen LogP contribution >= 0.6 is 0 Å². The highest BCUT2D eigenvalue weighted by Gasteiger charge is 1.95. The molecule has 0 fully saturated rings. The van der Waals surface area contributed by atoms with E-state index in [0.29, 0.717) is 0 Å². The predicted octanol–water partition coefficient (Wildman–Crippen LogP) is 3.81. The summed E-state index contributed by atoms with van der Waals surface area (Å²) in [5.41, 5.74) is 0.0955. The van der Waals surface area contributed by atoms with Gasteiger partial charge in [-0.05, 0) is 13.0 Å². The topological polar surface area (TPSA) is 37.3 Å². The van der Waals surface area contributed by atoms with Crippen molar-refractivity contribution >= 4 is 5.97 Å². The number of hydrogen-bond acceptors (Lipinski definition) is 1. The van der Waals surface area contributed by atoms with Gasteiger partial charge in [-0.1, -0.05) is 52.5 Å². The van der Waals surface area contributed by atoms with Crippen LogP contribution in [0.4, 0.5) is 0 Å². The van der Waals surface area contributed by atoms with E-state index in [1.54, 1.807) is 12.2 Å². The van der Waals surface area contributed by atoms with Crippen molar-refractivity contribution < 1.29 is 9.90 Å². The number of hydrogen-bond donors (Lipinski definition) is 1. The van der Waals surface area contributed by atoms with E-state index in [-0.39, 0.29) is 5.57 Å². The van der Waals surface area contributed by atoms with Gasteiger partial charge in [-0.3, -0.25) is 0 Å². The summed E-state index contributed by atoms with van der Waals surface area (Å²) in [6.07, 6.45) is 6.64. The second-order valence-electron chi connectivity index (χ2n) is 1.72. The first kappa shape index (κ1) is 18.5. The Bertz CT molecular complexity index is 188. The standard InChI is InChI=1S/C8H10O2.2C2H6/c1-3-4-5-6-7(2)8(9)10;2*1-2/h3-6H,2H2,1H3,(H,9,10);2*1-2H3/b4-3-,6-5-;;. The van der Waals surface area contributed by atoms with Crippen molar-refractivity contribution in [3.63, 3.8) is 0 Å². The molecular weight excluding hydrogens is 176 g/mol. The molecule has 0 rings (SSSR count). The Morgan fingerprint density at radius 3 is 1.86 bits per heavy atom. The fraction of sp³-hybridized carbons (Fsp3) is 0.417. The third-order valence-corrected chi connectivity index (χ3v) is 0.876. The maximum atomic E-state index is 10.1. The van der Waals surface area contributed by atoms with Crippen molar-refractivity contribution in [1.29, 1.82) is 0 Å². The van der Waals surface area contributed by atoms with Crippen LogP contribution in [0.25, 0.3) is 0 Å². The summed E-state index contributed by atoms with van der Waals surface area (Å²) in [6, 6.07) is 0. The summed E-state index contributed by atoms with van der Waals surface area (Å²) in [4.78, 5) is 10.1. The summed E-state index contributed by atoms with van der Waals surface area (Å²) in [5.74, 6) is -0.985. The van der Waals surface area contributed by atoms with Crippen molar-refractivity contribution in [3.8, 4) is 0 Å². The summed E-state index contributed by atoms with van der Waals surface area (Å²) >= 11 is 0. The van der Waals surface area contributed by atoms with Crippen LogP contribution in [0.15, 0.2) is 36.5 Å². The van der Waals surface area contributed by atoms with E-state index in [9.17, 15) is 4.79 Å². The Hall–Kier alpha value is -1.31. The van der Waals surface area contributed by atoms with Gasteiger partial charge in [-0.2, -0.15) is 0 Å². The van der Waals surface area contributed by atoms with Gasteiger partial charge in [0.15, 0.2) is 0 Å². The molecule has 14 heavy (non-hydrogen) atoms. The highest BCUT2D eigenvalue weighted by Crippen LogP contribution is 1.91. The minimum absolute atomic E-state index is 0.0955. The van der Waals surface area contributed by atoms with Crippen molar-refractivity contribution in [3.05, 3.63) is 36.5 Å². The number of allylic oxidation sites excluding steroid dienone is 3. The average molecular weight is 198 g/mol. The second kappa shape index (κ2) is 17.7. The van der Waals surface area contributed by atoms with Gasteiger partial charge < -0.3 is 5.11 Å². The van der Waals surface area contributed by atoms with Gasteiger partial charge in [0.05, 0.1) is 5.57 Å². The third kappa shape index (κ3) is 17.0. The van der Waals surface area contributed by atoms with E-state index in [2.05, 4.69) is 6.58 Å². The lowest BCUT2D eigenvalue weighted by atomic mass is 10.3. The first-order valence-corrected chi connectivity index (χ1v) is 4.90. The summed E-state index contributed by atoms with van der Waals surface area (Å²) in [6.45, 7) is 13.2. The molecule has 2 heteroatoms. The fourth-order valence-electron chi connectivity index (χ4n) is 0.354. The third-order valence-electron chi connectivity index (χ3n) is 0.876. The highest BCUT2D eigenvalue weighted by atomic mass is 16.4. The van der Waals surface area contributed by atoms with Crippen LogP contribution in [0.2, 0.25) is 0 Å². The molecule has 0 spiro atoms. The molecule has 0 atom stereocenters. The van der Waals surface area contributed by atoms with E-state index in [1.807, 2.05) is 40.7 Å². The quantitative estimate of drug-likeness (QED) is 0.553. The zero-order valence-corrected chi connectivity index (χ0v) is 9.87. The molecule has 0 aliphatic rings. The molecule has 2 nitrogen and oxygen atoms in total. The zero-order valence-electron chi connectivity index (χ0n) is 9.87. The molecule has 0 aromatic heterocycles. The molecule has 0 aromatic rings. The number of rotatable bonds is 3. The minimum Gasteiger partial charge on any atom is -0.478 e. The Kier molecular flexibility index (Phi) is 23.3. The first-order chi connectivity index (χ1) is 6.68. The maximum absolute atomic E-state index is 10.1. The van der Waals surface area contributed by atoms with Crippen LogP contribution in [0.1, 0.15) is 34.6 Å². The van der Waals surface area contributed by atoms with E-state index < -0.39 is 5.97 Å². The molecule has 0 aromatic carbocycles. The van der Waals surface area contributed by atoms with Crippen LogP contribution in [0, 0.1) is 0 Å². The van der Waals surface area contributed by atoms with Crippen LogP contribution in [-0.4, -0.2) is 11.1 Å². The van der Waals surface area contributed by atoms with Gasteiger partial charge in [0, 0.05) is 0 Å². The van der Waals surface area contributed by atoms with E-state index in [1.165, 1.54) is 6.08 Å². The van der Waals surface area contributed by atoms with E-state index >= 15 is 0 Å². The molecule has 0 amide bonds. The Morgan fingerprint density at radius 2 is 1.57 bits per heavy atom. The van der Waals surface area contributed by atoms with Gasteiger partial charge in [0.25, 0.3) is 0 Å². The van der Waals surface area contributed by atoms with Crippen LogP contribution < -0.4 is 0 Å². The van der Waals surface area contributed by atoms with Crippen molar-refractivity contribution in [2.45, 2.75) is 34.6 Å². The molecule has 0 heterocycles. The number of carbonyl (C=O) groups is 1. The molecule has 0 saturated carbocycles. The molecule has 82 valence electrons. The second-order valence-corrected chi connectivity index (χ2v) is 1.72. The number of carboxylic acids is 1. The minimum atomic E-state index is -0.985. The van der Waals surface area contributed by atoms with Gasteiger partial charge in [0.2, 0.25) is 0 Å². The van der Waals surface area contributed by atoms with Gasteiger partial charge in [-0.25, -0.2) is 4.79 Å². The molecule has 0 bridgehead atoms. The number of carboxylic acid groups (broad SMARTS) is 1. The molecular formula is C12H22O2. The van der Waals surface area contributed by atoms with Gasteiger partial charge >= 0.3 is 5.97 Å². The predicted molar refractivity (Wildman–Crippen MR) is 63.4 cm³/mol. The fourth-order valence-corrected chi connectivity index (χ4v) is 0.354. The van der Waals surface area contributed by atoms with Crippen LogP contribution in [0.5, 0.6) is 0 Å². The lowest BCUT2D eigenvalue weighted by Gasteiger charge is -1.85. The Morgan fingerprint density at radius 1 is 1.14 bits per heavy atom. The van der Waals surface area contributed by atoms with Crippen molar-refractivity contribution in [1.82, 2.24) is 0 Å². The summed E-state index contributed by atoms with van der Waals surface area (Å²) in [5, 5.41) is 8.31. The molecule has 0 radical (unpaired) electrons. The first-order valence-electron chi connectivity index (χ1n) is 4.90. The molecule has 0 unspecified atom stereocenters. The van der Waals surface area contributed by atoms with Crippen molar-refractivity contribution in [2.24, 2.45) is 0 Å². The van der Waals surface area contributed by atoms with E-state index in [0.717, 1.165) is 0 Å². The zero-order chi connectivity index (χ0) is 12.0. The molecule has 0 saturated heterocycles. The number of aliphatic carboxylic acids is 1. The van der Waals surface area contributed by atoms with Crippen LogP contribution in [0.3, 0.4) is 0 Å². The summed E-state index contributed by atoms with van der Waals surface area (Å²) < 4.78 is 0. The summed E-state index contributed by atoms with van der Waals surface area (Å²) in [7, 11) is 0. The Labute approximate surface area is 87.7 Å². The smallest absolute Gasteiger partial charge is 0.335 e. The average Bonchev–Trinajstić information content (AvgIpc) is 2.24. The molecule has 1 N–H and O–H groups in total. The lowest BCUT2D eigenvalue weighted by Crippen LogP contribution is -1.94. The largest absolute Gasteiger partial charge is 0.478 e. The van der Waals surface area contributed by atoms with Crippen molar-refractivity contribution in [2.75, 3.05) is 0 Å². The maximum Gasteiger partial charge on any atom is 0.335 e. The highest BCUT2D eigenvalue weighted by molar-refractivity contribution is 5.88. The Balaban J connectivity index is -0.000000266. The molecule has 0 aliphatic heterocycles. The van der Waals surface area contributed by atoms with Gasteiger partial charge in [-0.15, -0.1) is 0 Å². The monoisotopic (exact) mass is 198 g/mol. The van der Waals surface area contributed by atoms with E-state index in [4.69, 9.17) is 5.11 Å². The normalized spacial score (nSPS) is 8.64. The van der Waals surface area contributed by atoms with Gasteiger partial charge in [0.1, 0.15) is 0 Å². The van der Waals surface area contributed by atoms with Crippen LogP contribution in [-0.2, 0) is 4.79 Å². The molecule has 0 aliphatic carbocycles. The lowest BCUT2D eigenvalue weighted by molar-refractivity contribution is -0.132. The SMILES string of the molecule is C=C(/C=C\C=C/C)C(=O)O.CC.CC.